The molecule has 2 aromatic rings. The van der Waals surface area contributed by atoms with E-state index in [1.807, 2.05) is 36.4 Å². The predicted octanol–water partition coefficient (Wildman–Crippen LogP) is 2.08. The van der Waals surface area contributed by atoms with Gasteiger partial charge in [-0.2, -0.15) is 0 Å². The van der Waals surface area contributed by atoms with Crippen LogP contribution in [0.25, 0.3) is 10.8 Å². The Balaban J connectivity index is 2.50. The number of carbonyl (C=O) groups excluding carboxylic acids is 1. The van der Waals surface area contributed by atoms with Crippen molar-refractivity contribution in [1.29, 1.82) is 0 Å². The molecule has 1 atom stereocenters. The normalized spacial score (nSPS) is 12.9. The molecular formula is C16H20N2O3S. The molecule has 0 spiro atoms. The molecule has 22 heavy (non-hydrogen) atoms. The molecule has 5 nitrogen and oxygen atoms in total. The van der Waals surface area contributed by atoms with Crippen molar-refractivity contribution >= 4 is 32.4 Å². The second-order valence-corrected chi connectivity index (χ2v) is 7.67. The number of amides is 1. The van der Waals surface area contributed by atoms with Gasteiger partial charge in [0.25, 0.3) is 0 Å². The van der Waals surface area contributed by atoms with Gasteiger partial charge in [0.2, 0.25) is 15.9 Å². The maximum absolute atomic E-state index is 12.7. The third-order valence-electron chi connectivity index (χ3n) is 3.72. The van der Waals surface area contributed by atoms with Crippen LogP contribution in [-0.4, -0.2) is 45.6 Å². The topological polar surface area (TPSA) is 57.7 Å². The van der Waals surface area contributed by atoms with Crippen LogP contribution in [-0.2, 0) is 14.8 Å². The van der Waals surface area contributed by atoms with Crippen LogP contribution in [0.4, 0.5) is 5.69 Å². The number of nitrogens with zero attached hydrogens (tertiary/aromatic N) is 2. The van der Waals surface area contributed by atoms with Crippen molar-refractivity contribution < 1.29 is 13.2 Å². The standard InChI is InChI=1S/C16H20N2O3S/c1-12(16(19)17(2)3)22(20,21)18(4)15-11-7-9-13-8-5-6-10-14(13)15/h5-12H,1-4H3/t12-/m1/s1. The third kappa shape index (κ3) is 2.78. The van der Waals surface area contributed by atoms with E-state index in [0.29, 0.717) is 5.69 Å². The highest BCUT2D eigenvalue weighted by Gasteiger charge is 2.33. The molecule has 0 aromatic heterocycles. The summed E-state index contributed by atoms with van der Waals surface area (Å²) in [6.07, 6.45) is 0. The molecule has 0 bridgehead atoms. The molecule has 118 valence electrons. The first-order valence-corrected chi connectivity index (χ1v) is 8.44. The van der Waals surface area contributed by atoms with Crippen LogP contribution >= 0.6 is 0 Å². The molecule has 0 aliphatic carbocycles. The Morgan fingerprint density at radius 2 is 1.59 bits per heavy atom. The molecule has 0 unspecified atom stereocenters. The zero-order valence-electron chi connectivity index (χ0n) is 13.1. The number of benzene rings is 2. The lowest BCUT2D eigenvalue weighted by molar-refractivity contribution is -0.127. The number of anilines is 1. The lowest BCUT2D eigenvalue weighted by atomic mass is 10.1. The Morgan fingerprint density at radius 1 is 1.00 bits per heavy atom. The van der Waals surface area contributed by atoms with E-state index in [9.17, 15) is 13.2 Å². The van der Waals surface area contributed by atoms with Crippen LogP contribution in [0.5, 0.6) is 0 Å². The fraction of sp³-hybridized carbons (Fsp3) is 0.312. The van der Waals surface area contributed by atoms with E-state index in [1.54, 1.807) is 20.2 Å². The summed E-state index contributed by atoms with van der Waals surface area (Å²) in [4.78, 5) is 13.3. The van der Waals surface area contributed by atoms with Crippen molar-refractivity contribution in [1.82, 2.24) is 4.90 Å². The molecular weight excluding hydrogens is 300 g/mol. The van der Waals surface area contributed by atoms with Crippen molar-refractivity contribution in [3.8, 4) is 0 Å². The van der Waals surface area contributed by atoms with E-state index in [-0.39, 0.29) is 0 Å². The van der Waals surface area contributed by atoms with Crippen molar-refractivity contribution in [3.05, 3.63) is 42.5 Å². The molecule has 1 amide bonds. The zero-order chi connectivity index (χ0) is 16.5. The quantitative estimate of drug-likeness (QED) is 0.866. The molecule has 0 heterocycles. The van der Waals surface area contributed by atoms with Gasteiger partial charge in [-0.3, -0.25) is 9.10 Å². The van der Waals surface area contributed by atoms with E-state index >= 15 is 0 Å². The fourth-order valence-corrected chi connectivity index (χ4v) is 3.72. The first-order chi connectivity index (χ1) is 10.3. The van der Waals surface area contributed by atoms with Gasteiger partial charge in [0, 0.05) is 26.5 Å². The summed E-state index contributed by atoms with van der Waals surface area (Å²) in [7, 11) is 0.793. The van der Waals surface area contributed by atoms with E-state index in [1.165, 1.54) is 23.2 Å². The van der Waals surface area contributed by atoms with Gasteiger partial charge in [0.1, 0.15) is 0 Å². The highest BCUT2D eigenvalue weighted by atomic mass is 32.2. The number of sulfonamides is 1. The van der Waals surface area contributed by atoms with Crippen molar-refractivity contribution in [2.45, 2.75) is 12.2 Å². The van der Waals surface area contributed by atoms with Gasteiger partial charge in [-0.1, -0.05) is 36.4 Å². The molecule has 0 N–H and O–H groups in total. The van der Waals surface area contributed by atoms with Crippen LogP contribution in [0.1, 0.15) is 6.92 Å². The van der Waals surface area contributed by atoms with Crippen LogP contribution < -0.4 is 4.31 Å². The average Bonchev–Trinajstić information content (AvgIpc) is 2.51. The minimum Gasteiger partial charge on any atom is -0.348 e. The van der Waals surface area contributed by atoms with Crippen LogP contribution in [0, 0.1) is 0 Å². The highest BCUT2D eigenvalue weighted by molar-refractivity contribution is 7.94. The first kappa shape index (κ1) is 16.3. The monoisotopic (exact) mass is 320 g/mol. The van der Waals surface area contributed by atoms with Gasteiger partial charge >= 0.3 is 0 Å². The van der Waals surface area contributed by atoms with Crippen molar-refractivity contribution in [2.24, 2.45) is 0 Å². The summed E-state index contributed by atoms with van der Waals surface area (Å²) in [6, 6.07) is 13.0. The minimum absolute atomic E-state index is 0.438. The molecule has 2 rings (SSSR count). The predicted molar refractivity (Wildman–Crippen MR) is 89.4 cm³/mol. The Kier molecular flexibility index (Phi) is 4.42. The summed E-state index contributed by atoms with van der Waals surface area (Å²) in [5, 5.41) is 0.653. The number of carbonyl (C=O) groups is 1. The minimum atomic E-state index is -3.79. The van der Waals surface area contributed by atoms with Gasteiger partial charge in [-0.05, 0) is 18.4 Å². The number of hydrogen-bond donors (Lipinski definition) is 0. The molecule has 0 saturated carbocycles. The summed E-state index contributed by atoms with van der Waals surface area (Å²) in [6.45, 7) is 1.42. The SMILES string of the molecule is C[C@H](C(=O)N(C)C)S(=O)(=O)N(C)c1cccc2ccccc12. The third-order valence-corrected chi connectivity index (χ3v) is 5.78. The second-order valence-electron chi connectivity index (χ2n) is 5.39. The molecule has 0 fully saturated rings. The average molecular weight is 320 g/mol. The second kappa shape index (κ2) is 5.96. The van der Waals surface area contributed by atoms with Gasteiger partial charge in [0.05, 0.1) is 5.69 Å². The van der Waals surface area contributed by atoms with Gasteiger partial charge in [-0.25, -0.2) is 8.42 Å². The summed E-state index contributed by atoms with van der Waals surface area (Å²) >= 11 is 0. The Hall–Kier alpha value is -2.08. The number of hydrogen-bond acceptors (Lipinski definition) is 3. The van der Waals surface area contributed by atoms with E-state index in [4.69, 9.17) is 0 Å². The smallest absolute Gasteiger partial charge is 0.246 e. The highest BCUT2D eigenvalue weighted by Crippen LogP contribution is 2.28. The van der Waals surface area contributed by atoms with Gasteiger partial charge < -0.3 is 4.90 Å². The summed E-state index contributed by atoms with van der Waals surface area (Å²) < 4.78 is 26.6. The van der Waals surface area contributed by atoms with Crippen molar-refractivity contribution in [2.75, 3.05) is 25.4 Å². The summed E-state index contributed by atoms with van der Waals surface area (Å²) in [5.74, 6) is -0.438. The lowest BCUT2D eigenvalue weighted by Crippen LogP contribution is -2.43. The maximum Gasteiger partial charge on any atom is 0.246 e. The lowest BCUT2D eigenvalue weighted by Gasteiger charge is -2.26. The van der Waals surface area contributed by atoms with E-state index in [0.717, 1.165) is 10.8 Å². The van der Waals surface area contributed by atoms with E-state index in [2.05, 4.69) is 0 Å². The van der Waals surface area contributed by atoms with E-state index < -0.39 is 21.2 Å². The first-order valence-electron chi connectivity index (χ1n) is 6.93. The molecule has 6 heteroatoms. The molecule has 0 saturated heterocycles. The Labute approximate surface area is 131 Å². The Morgan fingerprint density at radius 3 is 2.23 bits per heavy atom. The largest absolute Gasteiger partial charge is 0.348 e. The van der Waals surface area contributed by atoms with Crippen LogP contribution in [0.3, 0.4) is 0 Å². The van der Waals surface area contributed by atoms with Gasteiger partial charge in [0.15, 0.2) is 5.25 Å². The summed E-state index contributed by atoms with van der Waals surface area (Å²) in [5.41, 5.74) is 0.566. The zero-order valence-corrected chi connectivity index (χ0v) is 14.0. The molecule has 0 aliphatic heterocycles. The number of fused-ring (bicyclic) bond motifs is 1. The van der Waals surface area contributed by atoms with Crippen molar-refractivity contribution in [3.63, 3.8) is 0 Å². The molecule has 0 aliphatic rings. The van der Waals surface area contributed by atoms with Crippen LogP contribution in [0.2, 0.25) is 0 Å². The maximum atomic E-state index is 12.7. The Bertz CT molecular complexity index is 795. The van der Waals surface area contributed by atoms with Crippen LogP contribution in [0.15, 0.2) is 42.5 Å². The molecule has 0 radical (unpaired) electrons. The van der Waals surface area contributed by atoms with Gasteiger partial charge in [-0.15, -0.1) is 0 Å². The number of rotatable bonds is 4. The fourth-order valence-electron chi connectivity index (χ4n) is 2.35. The molecule has 2 aromatic carbocycles.